The van der Waals surface area contributed by atoms with Crippen LogP contribution in [0.2, 0.25) is 0 Å². The van der Waals surface area contributed by atoms with Crippen molar-refractivity contribution in [2.75, 3.05) is 20.7 Å². The Labute approximate surface area is 93.0 Å². The van der Waals surface area contributed by atoms with Crippen LogP contribution in [0.15, 0.2) is 22.6 Å². The molecule has 0 bridgehead atoms. The predicted molar refractivity (Wildman–Crippen MR) is 59.4 cm³/mol. The van der Waals surface area contributed by atoms with Crippen LogP contribution in [0.5, 0.6) is 6.08 Å². The van der Waals surface area contributed by atoms with Gasteiger partial charge in [0, 0.05) is 12.1 Å². The van der Waals surface area contributed by atoms with Crippen LogP contribution in [0.25, 0.3) is 11.1 Å². The zero-order valence-electron chi connectivity index (χ0n) is 9.23. The molecule has 0 saturated carbocycles. The lowest BCUT2D eigenvalue weighted by Crippen LogP contribution is -2.16. The van der Waals surface area contributed by atoms with Crippen LogP contribution in [-0.4, -0.2) is 30.8 Å². The first-order valence-electron chi connectivity index (χ1n) is 5.02. The molecule has 86 valence electrons. The van der Waals surface area contributed by atoms with Crippen molar-refractivity contribution in [2.24, 2.45) is 0 Å². The number of benzene rings is 1. The number of hydrogen-bond donors (Lipinski definition) is 2. The number of rotatable bonds is 4. The summed E-state index contributed by atoms with van der Waals surface area (Å²) < 4.78 is 10.2. The normalized spacial score (nSPS) is 12.9. The molecule has 0 aliphatic heterocycles. The molecule has 2 rings (SSSR count). The van der Waals surface area contributed by atoms with Gasteiger partial charge in [0.25, 0.3) is 0 Å². The fourth-order valence-electron chi connectivity index (χ4n) is 1.61. The number of nitrogens with one attached hydrogen (secondary N) is 1. The van der Waals surface area contributed by atoms with Gasteiger partial charge < -0.3 is 19.6 Å². The molecule has 5 nitrogen and oxygen atoms in total. The Kier molecular flexibility index (Phi) is 3.07. The molecule has 1 heterocycles. The van der Waals surface area contributed by atoms with E-state index >= 15 is 0 Å². The van der Waals surface area contributed by atoms with Crippen LogP contribution in [-0.2, 0) is 0 Å². The van der Waals surface area contributed by atoms with Crippen molar-refractivity contribution in [3.63, 3.8) is 0 Å². The number of aromatic nitrogens is 1. The standard InChI is InChI=1S/C11H14N2O3/c1-12-6-8(14)7-4-3-5-9-10(7)13-11(15-2)16-9/h3-5,8,12,14H,6H2,1-2H3. The second kappa shape index (κ2) is 4.51. The van der Waals surface area contributed by atoms with Crippen molar-refractivity contribution in [3.05, 3.63) is 23.8 Å². The van der Waals surface area contributed by atoms with E-state index < -0.39 is 6.10 Å². The number of para-hydroxylation sites is 1. The Balaban J connectivity index is 2.47. The van der Waals surface area contributed by atoms with Gasteiger partial charge in [0.1, 0.15) is 5.52 Å². The van der Waals surface area contributed by atoms with Crippen LogP contribution in [0.3, 0.4) is 0 Å². The van der Waals surface area contributed by atoms with Crippen LogP contribution in [0.4, 0.5) is 0 Å². The van der Waals surface area contributed by atoms with Crippen molar-refractivity contribution in [3.8, 4) is 6.08 Å². The summed E-state index contributed by atoms with van der Waals surface area (Å²) in [4.78, 5) is 4.16. The summed E-state index contributed by atoms with van der Waals surface area (Å²) in [5, 5.41) is 12.8. The summed E-state index contributed by atoms with van der Waals surface area (Å²) in [7, 11) is 3.28. The Morgan fingerprint density at radius 1 is 1.56 bits per heavy atom. The minimum atomic E-state index is -0.608. The highest BCUT2D eigenvalue weighted by molar-refractivity contribution is 5.77. The second-order valence-corrected chi connectivity index (χ2v) is 3.45. The summed E-state index contributed by atoms with van der Waals surface area (Å²) in [6.45, 7) is 0.467. The molecule has 5 heteroatoms. The lowest BCUT2D eigenvalue weighted by Gasteiger charge is -2.09. The molecule has 0 saturated heterocycles. The third-order valence-corrected chi connectivity index (χ3v) is 2.36. The van der Waals surface area contributed by atoms with E-state index in [1.807, 2.05) is 12.1 Å². The van der Waals surface area contributed by atoms with Gasteiger partial charge in [-0.3, -0.25) is 0 Å². The third-order valence-electron chi connectivity index (χ3n) is 2.36. The van der Waals surface area contributed by atoms with E-state index in [2.05, 4.69) is 10.3 Å². The Hall–Kier alpha value is -1.59. The first kappa shape index (κ1) is 10.9. The van der Waals surface area contributed by atoms with E-state index in [0.29, 0.717) is 17.6 Å². The maximum absolute atomic E-state index is 9.92. The van der Waals surface area contributed by atoms with Crippen molar-refractivity contribution >= 4 is 11.1 Å². The zero-order valence-corrected chi connectivity index (χ0v) is 9.23. The molecule has 1 aromatic carbocycles. The van der Waals surface area contributed by atoms with Gasteiger partial charge in [-0.1, -0.05) is 12.1 Å². The summed E-state index contributed by atoms with van der Waals surface area (Å²) in [5.41, 5.74) is 1.99. The van der Waals surface area contributed by atoms with Crippen LogP contribution < -0.4 is 10.1 Å². The molecular weight excluding hydrogens is 208 g/mol. The van der Waals surface area contributed by atoms with E-state index in [0.717, 1.165) is 5.56 Å². The topological polar surface area (TPSA) is 67.5 Å². The minimum absolute atomic E-state index is 0.208. The summed E-state index contributed by atoms with van der Waals surface area (Å²) >= 11 is 0. The summed E-state index contributed by atoms with van der Waals surface area (Å²) in [6.07, 6.45) is -0.400. The number of nitrogens with zero attached hydrogens (tertiary/aromatic N) is 1. The molecule has 0 aliphatic rings. The fraction of sp³-hybridized carbons (Fsp3) is 0.364. The van der Waals surface area contributed by atoms with Crippen molar-refractivity contribution in [1.29, 1.82) is 0 Å². The average molecular weight is 222 g/mol. The lowest BCUT2D eigenvalue weighted by atomic mass is 10.1. The van der Waals surface area contributed by atoms with Gasteiger partial charge in [0.05, 0.1) is 13.2 Å². The first-order valence-corrected chi connectivity index (χ1v) is 5.02. The molecule has 1 aromatic heterocycles. The van der Waals surface area contributed by atoms with Crippen LogP contribution >= 0.6 is 0 Å². The molecule has 0 spiro atoms. The quantitative estimate of drug-likeness (QED) is 0.810. The number of ether oxygens (including phenoxy) is 1. The smallest absolute Gasteiger partial charge is 0.394 e. The van der Waals surface area contributed by atoms with Crippen molar-refractivity contribution in [1.82, 2.24) is 10.3 Å². The van der Waals surface area contributed by atoms with Crippen molar-refractivity contribution < 1.29 is 14.3 Å². The average Bonchev–Trinajstić information content (AvgIpc) is 2.71. The highest BCUT2D eigenvalue weighted by Crippen LogP contribution is 2.26. The molecule has 0 fully saturated rings. The molecule has 16 heavy (non-hydrogen) atoms. The number of hydrogen-bond acceptors (Lipinski definition) is 5. The Bertz CT molecular complexity index is 481. The van der Waals surface area contributed by atoms with Gasteiger partial charge in [0.15, 0.2) is 5.58 Å². The Morgan fingerprint density at radius 2 is 2.38 bits per heavy atom. The molecule has 2 aromatic rings. The molecule has 0 amide bonds. The van der Waals surface area contributed by atoms with Gasteiger partial charge in [-0.05, 0) is 13.1 Å². The summed E-state index contributed by atoms with van der Waals surface area (Å²) in [5.74, 6) is 0. The maximum Gasteiger partial charge on any atom is 0.394 e. The first-order chi connectivity index (χ1) is 7.76. The minimum Gasteiger partial charge on any atom is -0.453 e. The van der Waals surface area contributed by atoms with Gasteiger partial charge in [0.2, 0.25) is 0 Å². The van der Waals surface area contributed by atoms with E-state index in [4.69, 9.17) is 9.15 Å². The number of methoxy groups -OCH3 is 1. The fourth-order valence-corrected chi connectivity index (χ4v) is 1.61. The molecule has 0 radical (unpaired) electrons. The van der Waals surface area contributed by atoms with Crippen LogP contribution in [0, 0.1) is 0 Å². The van der Waals surface area contributed by atoms with Gasteiger partial charge in [-0.25, -0.2) is 0 Å². The highest BCUT2D eigenvalue weighted by Gasteiger charge is 2.15. The van der Waals surface area contributed by atoms with Crippen molar-refractivity contribution in [2.45, 2.75) is 6.10 Å². The Morgan fingerprint density at radius 3 is 3.06 bits per heavy atom. The number of aliphatic hydroxyl groups is 1. The number of fused-ring (bicyclic) bond motifs is 1. The largest absolute Gasteiger partial charge is 0.453 e. The SMILES string of the molecule is CNCC(O)c1cccc2oc(OC)nc12. The van der Waals surface area contributed by atoms with E-state index in [-0.39, 0.29) is 6.08 Å². The van der Waals surface area contributed by atoms with E-state index in [9.17, 15) is 5.11 Å². The third kappa shape index (κ3) is 1.87. The monoisotopic (exact) mass is 222 g/mol. The number of likely N-dealkylation sites (N-methyl/N-ethyl adjacent to an activating group) is 1. The van der Waals surface area contributed by atoms with Gasteiger partial charge in [-0.15, -0.1) is 0 Å². The van der Waals surface area contributed by atoms with E-state index in [1.165, 1.54) is 7.11 Å². The molecule has 0 aliphatic carbocycles. The zero-order chi connectivity index (χ0) is 11.5. The van der Waals surface area contributed by atoms with E-state index in [1.54, 1.807) is 13.1 Å². The molecular formula is C11H14N2O3. The van der Waals surface area contributed by atoms with Gasteiger partial charge in [-0.2, -0.15) is 4.98 Å². The second-order valence-electron chi connectivity index (χ2n) is 3.45. The number of oxazole rings is 1. The predicted octanol–water partition coefficient (Wildman–Crippen LogP) is 1.09. The number of aliphatic hydroxyl groups excluding tert-OH is 1. The highest BCUT2D eigenvalue weighted by atomic mass is 16.6. The molecule has 1 unspecified atom stereocenters. The molecule has 1 atom stereocenters. The van der Waals surface area contributed by atoms with Crippen LogP contribution in [0.1, 0.15) is 11.7 Å². The lowest BCUT2D eigenvalue weighted by molar-refractivity contribution is 0.179. The van der Waals surface area contributed by atoms with Gasteiger partial charge >= 0.3 is 6.08 Å². The summed E-state index contributed by atoms with van der Waals surface area (Å²) in [6, 6.07) is 5.44. The molecule has 2 N–H and O–H groups in total. The maximum atomic E-state index is 9.92.